The minimum atomic E-state index is -0.460. The molecule has 0 bridgehead atoms. The second kappa shape index (κ2) is 10.0. The molecule has 2 heterocycles. The summed E-state index contributed by atoms with van der Waals surface area (Å²) >= 11 is 0. The molecule has 1 unspecified atom stereocenters. The van der Waals surface area contributed by atoms with Gasteiger partial charge in [-0.2, -0.15) is 0 Å². The molecule has 0 radical (unpaired) electrons. The van der Waals surface area contributed by atoms with E-state index < -0.39 is 5.91 Å². The number of ether oxygens (including phenoxy) is 2. The van der Waals surface area contributed by atoms with Crippen molar-refractivity contribution in [2.75, 3.05) is 32.6 Å². The summed E-state index contributed by atoms with van der Waals surface area (Å²) in [5.41, 5.74) is 0.594. The Kier molecular flexibility index (Phi) is 7.71. The van der Waals surface area contributed by atoms with E-state index in [1.54, 1.807) is 24.3 Å². The third-order valence-corrected chi connectivity index (χ3v) is 4.43. The Labute approximate surface area is 169 Å². The van der Waals surface area contributed by atoms with Crippen molar-refractivity contribution in [1.29, 1.82) is 0 Å². The monoisotopic (exact) mass is 409 g/mol. The quantitative estimate of drug-likeness (QED) is 0.649. The minimum Gasteiger partial charge on any atom is -0.493 e. The molecule has 1 aromatic carbocycles. The Balaban J connectivity index is 0.00000280. The van der Waals surface area contributed by atoms with E-state index in [1.807, 2.05) is 0 Å². The molecule has 3 N–H and O–H groups in total. The fraction of sp³-hybridized carbons (Fsp3) is 0.368. The van der Waals surface area contributed by atoms with Crippen molar-refractivity contribution >= 4 is 29.9 Å². The lowest BCUT2D eigenvalue weighted by molar-refractivity contribution is 0.0951. The third kappa shape index (κ3) is 4.96. The van der Waals surface area contributed by atoms with Crippen molar-refractivity contribution in [2.24, 2.45) is 0 Å². The molecule has 1 atom stereocenters. The first-order valence-corrected chi connectivity index (χ1v) is 8.75. The zero-order valence-electron chi connectivity index (χ0n) is 15.7. The number of furan rings is 1. The Morgan fingerprint density at radius 2 is 1.96 bits per heavy atom. The molecule has 28 heavy (non-hydrogen) atoms. The van der Waals surface area contributed by atoms with Gasteiger partial charge in [0.2, 0.25) is 0 Å². The molecule has 2 aromatic rings. The lowest BCUT2D eigenvalue weighted by atomic mass is 10.1. The highest BCUT2D eigenvalue weighted by Gasteiger charge is 2.21. The molecule has 1 aliphatic heterocycles. The SMILES string of the molecule is COc1cc(NC(=O)c2ccco2)c(C(=O)NCC2CCCN2)cc1OC.Cl. The van der Waals surface area contributed by atoms with E-state index in [-0.39, 0.29) is 35.7 Å². The van der Waals surface area contributed by atoms with Gasteiger partial charge in [0, 0.05) is 18.7 Å². The molecule has 1 fully saturated rings. The predicted molar refractivity (Wildman–Crippen MR) is 107 cm³/mol. The number of hydrogen-bond acceptors (Lipinski definition) is 6. The van der Waals surface area contributed by atoms with Crippen LogP contribution < -0.4 is 25.4 Å². The van der Waals surface area contributed by atoms with E-state index in [2.05, 4.69) is 16.0 Å². The van der Waals surface area contributed by atoms with Gasteiger partial charge in [-0.15, -0.1) is 12.4 Å². The van der Waals surface area contributed by atoms with E-state index in [1.165, 1.54) is 20.5 Å². The zero-order chi connectivity index (χ0) is 19.2. The highest BCUT2D eigenvalue weighted by molar-refractivity contribution is 6.08. The minimum absolute atomic E-state index is 0. The van der Waals surface area contributed by atoms with Gasteiger partial charge in [0.25, 0.3) is 11.8 Å². The number of benzene rings is 1. The first kappa shape index (κ1) is 21.6. The normalized spacial score (nSPS) is 15.4. The molecule has 152 valence electrons. The van der Waals surface area contributed by atoms with Crippen molar-refractivity contribution in [3.05, 3.63) is 41.9 Å². The fourth-order valence-corrected chi connectivity index (χ4v) is 3.00. The Hall–Kier alpha value is -2.71. The molecular formula is C19H24ClN3O5. The van der Waals surface area contributed by atoms with Gasteiger partial charge in [-0.1, -0.05) is 0 Å². The number of carbonyl (C=O) groups is 2. The van der Waals surface area contributed by atoms with E-state index in [0.29, 0.717) is 23.7 Å². The Morgan fingerprint density at radius 3 is 2.57 bits per heavy atom. The van der Waals surface area contributed by atoms with E-state index in [4.69, 9.17) is 13.9 Å². The zero-order valence-corrected chi connectivity index (χ0v) is 16.6. The van der Waals surface area contributed by atoms with E-state index in [0.717, 1.165) is 19.4 Å². The average molecular weight is 410 g/mol. The first-order chi connectivity index (χ1) is 13.1. The van der Waals surface area contributed by atoms with Crippen molar-refractivity contribution in [3.8, 4) is 11.5 Å². The van der Waals surface area contributed by atoms with Gasteiger partial charge in [0.15, 0.2) is 17.3 Å². The van der Waals surface area contributed by atoms with E-state index >= 15 is 0 Å². The molecule has 1 saturated heterocycles. The van der Waals surface area contributed by atoms with Crippen LogP contribution in [0, 0.1) is 0 Å². The van der Waals surface area contributed by atoms with Crippen LogP contribution in [0.2, 0.25) is 0 Å². The number of hydrogen-bond donors (Lipinski definition) is 3. The highest BCUT2D eigenvalue weighted by atomic mass is 35.5. The molecular weight excluding hydrogens is 386 g/mol. The van der Waals surface area contributed by atoms with Gasteiger partial charge in [-0.3, -0.25) is 9.59 Å². The van der Waals surface area contributed by atoms with E-state index in [9.17, 15) is 9.59 Å². The van der Waals surface area contributed by atoms with Gasteiger partial charge in [-0.25, -0.2) is 0 Å². The molecule has 2 amide bonds. The second-order valence-electron chi connectivity index (χ2n) is 6.19. The van der Waals surface area contributed by atoms with Crippen LogP contribution >= 0.6 is 12.4 Å². The molecule has 0 aliphatic carbocycles. The molecule has 1 aromatic heterocycles. The topological polar surface area (TPSA) is 102 Å². The number of carbonyl (C=O) groups excluding carboxylic acids is 2. The smallest absolute Gasteiger partial charge is 0.291 e. The number of nitrogens with one attached hydrogen (secondary N) is 3. The van der Waals surface area contributed by atoms with Crippen LogP contribution in [0.4, 0.5) is 5.69 Å². The van der Waals surface area contributed by atoms with Crippen molar-refractivity contribution in [2.45, 2.75) is 18.9 Å². The largest absolute Gasteiger partial charge is 0.493 e. The Morgan fingerprint density at radius 1 is 1.21 bits per heavy atom. The maximum absolute atomic E-state index is 12.7. The summed E-state index contributed by atoms with van der Waals surface area (Å²) in [4.78, 5) is 25.1. The van der Waals surface area contributed by atoms with Gasteiger partial charge >= 0.3 is 0 Å². The van der Waals surface area contributed by atoms with Gasteiger partial charge < -0.3 is 29.8 Å². The summed E-state index contributed by atoms with van der Waals surface area (Å²) < 4.78 is 15.7. The lowest BCUT2D eigenvalue weighted by Crippen LogP contribution is -2.37. The number of methoxy groups -OCH3 is 2. The molecule has 0 spiro atoms. The highest BCUT2D eigenvalue weighted by Crippen LogP contribution is 2.33. The van der Waals surface area contributed by atoms with Crippen LogP contribution in [0.5, 0.6) is 11.5 Å². The predicted octanol–water partition coefficient (Wildman–Crippen LogP) is 2.45. The number of anilines is 1. The summed E-state index contributed by atoms with van der Waals surface area (Å²) in [7, 11) is 2.98. The standard InChI is InChI=1S/C19H23N3O5.ClH/c1-25-16-9-13(18(23)21-11-12-5-3-7-20-12)14(10-17(16)26-2)22-19(24)15-6-4-8-27-15;/h4,6,8-10,12,20H,3,5,7,11H2,1-2H3,(H,21,23)(H,22,24);1H. The maximum atomic E-state index is 12.7. The van der Waals surface area contributed by atoms with Crippen molar-refractivity contribution in [1.82, 2.24) is 10.6 Å². The van der Waals surface area contributed by atoms with Crippen LogP contribution in [-0.4, -0.2) is 45.2 Å². The number of rotatable bonds is 7. The number of halogens is 1. The summed E-state index contributed by atoms with van der Waals surface area (Å²) in [6.07, 6.45) is 3.53. The van der Waals surface area contributed by atoms with Crippen LogP contribution in [0.15, 0.2) is 34.9 Å². The summed E-state index contributed by atoms with van der Waals surface area (Å²) in [6.45, 7) is 1.47. The molecule has 8 nitrogen and oxygen atoms in total. The molecule has 0 saturated carbocycles. The van der Waals surface area contributed by atoms with Gasteiger partial charge in [-0.05, 0) is 37.6 Å². The molecule has 3 rings (SSSR count). The third-order valence-electron chi connectivity index (χ3n) is 4.43. The fourth-order valence-electron chi connectivity index (χ4n) is 3.00. The Bertz CT molecular complexity index is 804. The number of amides is 2. The molecule has 1 aliphatic rings. The summed E-state index contributed by atoms with van der Waals surface area (Å²) in [5, 5.41) is 8.94. The lowest BCUT2D eigenvalue weighted by Gasteiger charge is -2.16. The average Bonchev–Trinajstić information content (AvgIpc) is 3.39. The van der Waals surface area contributed by atoms with Crippen LogP contribution in [-0.2, 0) is 0 Å². The van der Waals surface area contributed by atoms with Crippen LogP contribution in [0.25, 0.3) is 0 Å². The first-order valence-electron chi connectivity index (χ1n) is 8.75. The second-order valence-corrected chi connectivity index (χ2v) is 6.19. The molecule has 9 heteroatoms. The van der Waals surface area contributed by atoms with Gasteiger partial charge in [0.05, 0.1) is 31.7 Å². The summed E-state index contributed by atoms with van der Waals surface area (Å²) in [5.74, 6) is 0.184. The van der Waals surface area contributed by atoms with Crippen molar-refractivity contribution < 1.29 is 23.5 Å². The summed E-state index contributed by atoms with van der Waals surface area (Å²) in [6, 6.07) is 6.53. The van der Waals surface area contributed by atoms with Crippen molar-refractivity contribution in [3.63, 3.8) is 0 Å². The maximum Gasteiger partial charge on any atom is 0.291 e. The van der Waals surface area contributed by atoms with Crippen LogP contribution in [0.1, 0.15) is 33.8 Å². The van der Waals surface area contributed by atoms with Crippen LogP contribution in [0.3, 0.4) is 0 Å². The van der Waals surface area contributed by atoms with Gasteiger partial charge in [0.1, 0.15) is 0 Å².